The number of aryl methyl sites for hydroxylation is 1. The van der Waals surface area contributed by atoms with Crippen LogP contribution in [0.1, 0.15) is 5.56 Å². The molecule has 0 radical (unpaired) electrons. The number of hydrogen-bond acceptors (Lipinski definition) is 3. The molecular formula is C15H15Cl2NOS. The lowest BCUT2D eigenvalue weighted by molar-refractivity contribution is 0.344. The molecule has 0 amide bonds. The summed E-state index contributed by atoms with van der Waals surface area (Å²) in [5.41, 5.74) is 7.70. The van der Waals surface area contributed by atoms with Gasteiger partial charge in [-0.1, -0.05) is 23.2 Å². The number of nitrogen functional groups attached to an aromatic ring is 1. The highest BCUT2D eigenvalue weighted by Crippen LogP contribution is 2.28. The van der Waals surface area contributed by atoms with Crippen LogP contribution in [0.25, 0.3) is 0 Å². The fourth-order valence-corrected chi connectivity index (χ4v) is 2.93. The van der Waals surface area contributed by atoms with Crippen molar-refractivity contribution in [3.05, 3.63) is 52.0 Å². The zero-order valence-electron chi connectivity index (χ0n) is 11.0. The predicted octanol–water partition coefficient (Wildman–Crippen LogP) is 5.06. The molecule has 0 aromatic heterocycles. The van der Waals surface area contributed by atoms with E-state index in [1.54, 1.807) is 30.0 Å². The van der Waals surface area contributed by atoms with E-state index in [1.165, 1.54) is 4.90 Å². The summed E-state index contributed by atoms with van der Waals surface area (Å²) in [4.78, 5) is 1.18. The van der Waals surface area contributed by atoms with E-state index in [0.29, 0.717) is 22.4 Å². The van der Waals surface area contributed by atoms with E-state index >= 15 is 0 Å². The van der Waals surface area contributed by atoms with Crippen LogP contribution in [0.2, 0.25) is 10.0 Å². The Kier molecular flexibility index (Phi) is 5.46. The summed E-state index contributed by atoms with van der Waals surface area (Å²) in [5, 5.41) is 1.14. The fraction of sp³-hybridized carbons (Fsp3) is 0.200. The first kappa shape index (κ1) is 15.4. The van der Waals surface area contributed by atoms with Gasteiger partial charge in [0.25, 0.3) is 0 Å². The standard InChI is InChI=1S/C15H15Cl2NOS/c1-10-8-12(3-4-14(10)18)20-7-6-19-15-5-2-11(16)9-13(15)17/h2-5,8-9H,6-7,18H2,1H3. The summed E-state index contributed by atoms with van der Waals surface area (Å²) in [6.07, 6.45) is 0. The molecule has 0 fully saturated rings. The number of anilines is 1. The van der Waals surface area contributed by atoms with Crippen LogP contribution in [-0.2, 0) is 0 Å². The molecule has 0 aliphatic heterocycles. The third-order valence-corrected chi connectivity index (χ3v) is 4.23. The SMILES string of the molecule is Cc1cc(SCCOc2ccc(Cl)cc2Cl)ccc1N. The Morgan fingerprint density at radius 2 is 1.95 bits per heavy atom. The molecular weight excluding hydrogens is 313 g/mol. The molecule has 0 aliphatic carbocycles. The van der Waals surface area contributed by atoms with E-state index in [4.69, 9.17) is 33.7 Å². The van der Waals surface area contributed by atoms with Gasteiger partial charge in [0.15, 0.2) is 0 Å². The Bertz CT molecular complexity index is 604. The van der Waals surface area contributed by atoms with Gasteiger partial charge in [0.05, 0.1) is 11.6 Å². The number of rotatable bonds is 5. The second-order valence-corrected chi connectivity index (χ2v) is 6.30. The highest BCUT2D eigenvalue weighted by molar-refractivity contribution is 7.99. The third kappa shape index (κ3) is 4.23. The number of ether oxygens (including phenoxy) is 1. The molecule has 2 aromatic carbocycles. The van der Waals surface area contributed by atoms with Gasteiger partial charge in [0.1, 0.15) is 5.75 Å². The van der Waals surface area contributed by atoms with E-state index in [9.17, 15) is 0 Å². The lowest BCUT2D eigenvalue weighted by atomic mass is 10.2. The van der Waals surface area contributed by atoms with Crippen molar-refractivity contribution in [1.29, 1.82) is 0 Å². The molecule has 2 nitrogen and oxygen atoms in total. The van der Waals surface area contributed by atoms with E-state index in [2.05, 4.69) is 6.07 Å². The molecule has 0 heterocycles. The van der Waals surface area contributed by atoms with E-state index < -0.39 is 0 Å². The maximum Gasteiger partial charge on any atom is 0.138 e. The molecule has 0 unspecified atom stereocenters. The highest BCUT2D eigenvalue weighted by atomic mass is 35.5. The van der Waals surface area contributed by atoms with Crippen LogP contribution in [0.15, 0.2) is 41.3 Å². The van der Waals surface area contributed by atoms with Crippen LogP contribution >= 0.6 is 35.0 Å². The third-order valence-electron chi connectivity index (χ3n) is 2.74. The smallest absolute Gasteiger partial charge is 0.138 e. The van der Waals surface area contributed by atoms with Crippen LogP contribution in [0.5, 0.6) is 5.75 Å². The van der Waals surface area contributed by atoms with Gasteiger partial charge in [-0.05, 0) is 48.9 Å². The first-order chi connectivity index (χ1) is 9.56. The summed E-state index contributed by atoms with van der Waals surface area (Å²) in [6, 6.07) is 11.2. The Morgan fingerprint density at radius 1 is 1.15 bits per heavy atom. The van der Waals surface area contributed by atoms with Crippen molar-refractivity contribution < 1.29 is 4.74 Å². The maximum absolute atomic E-state index is 6.03. The first-order valence-electron chi connectivity index (χ1n) is 6.13. The molecule has 0 spiro atoms. The predicted molar refractivity (Wildman–Crippen MR) is 88.3 cm³/mol. The molecule has 2 rings (SSSR count). The molecule has 20 heavy (non-hydrogen) atoms. The van der Waals surface area contributed by atoms with Crippen molar-refractivity contribution in [2.75, 3.05) is 18.1 Å². The quantitative estimate of drug-likeness (QED) is 0.474. The summed E-state index contributed by atoms with van der Waals surface area (Å²) < 4.78 is 5.63. The second-order valence-electron chi connectivity index (χ2n) is 4.29. The molecule has 0 bridgehead atoms. The highest BCUT2D eigenvalue weighted by Gasteiger charge is 2.03. The van der Waals surface area contributed by atoms with Gasteiger partial charge in [0, 0.05) is 21.4 Å². The zero-order valence-corrected chi connectivity index (χ0v) is 13.4. The van der Waals surface area contributed by atoms with Gasteiger partial charge in [-0.3, -0.25) is 0 Å². The second kappa shape index (κ2) is 7.11. The average Bonchev–Trinajstić information content (AvgIpc) is 2.40. The van der Waals surface area contributed by atoms with E-state index in [0.717, 1.165) is 17.0 Å². The Hall–Kier alpha value is -1.03. The molecule has 0 atom stereocenters. The Balaban J connectivity index is 1.82. The van der Waals surface area contributed by atoms with E-state index in [1.807, 2.05) is 19.1 Å². The van der Waals surface area contributed by atoms with Gasteiger partial charge in [-0.15, -0.1) is 11.8 Å². The van der Waals surface area contributed by atoms with Crippen LogP contribution in [0.3, 0.4) is 0 Å². The fourth-order valence-electron chi connectivity index (χ4n) is 1.64. The molecule has 2 N–H and O–H groups in total. The van der Waals surface area contributed by atoms with Crippen molar-refractivity contribution in [2.45, 2.75) is 11.8 Å². The minimum Gasteiger partial charge on any atom is -0.491 e. The lowest BCUT2D eigenvalue weighted by Crippen LogP contribution is -2.00. The number of halogens is 2. The van der Waals surface area contributed by atoms with Gasteiger partial charge in [-0.25, -0.2) is 0 Å². The summed E-state index contributed by atoms with van der Waals surface area (Å²) in [5.74, 6) is 1.49. The van der Waals surface area contributed by atoms with Crippen molar-refractivity contribution in [3.8, 4) is 5.75 Å². The van der Waals surface area contributed by atoms with Gasteiger partial charge >= 0.3 is 0 Å². The Labute approximate surface area is 133 Å². The molecule has 0 saturated carbocycles. The molecule has 5 heteroatoms. The number of thioether (sulfide) groups is 1. The van der Waals surface area contributed by atoms with Crippen LogP contribution < -0.4 is 10.5 Å². The normalized spacial score (nSPS) is 10.6. The largest absolute Gasteiger partial charge is 0.491 e. The van der Waals surface area contributed by atoms with Crippen molar-refractivity contribution in [1.82, 2.24) is 0 Å². The summed E-state index contributed by atoms with van der Waals surface area (Å²) in [6.45, 7) is 2.58. The molecule has 106 valence electrons. The molecule has 2 aromatic rings. The van der Waals surface area contributed by atoms with Gasteiger partial charge in [-0.2, -0.15) is 0 Å². The maximum atomic E-state index is 6.03. The minimum absolute atomic E-state index is 0.533. The molecule has 0 saturated heterocycles. The van der Waals surface area contributed by atoms with Crippen LogP contribution in [0, 0.1) is 6.92 Å². The van der Waals surface area contributed by atoms with Crippen molar-refractivity contribution in [3.63, 3.8) is 0 Å². The summed E-state index contributed by atoms with van der Waals surface area (Å²) in [7, 11) is 0. The number of nitrogens with two attached hydrogens (primary N) is 1. The van der Waals surface area contributed by atoms with Crippen LogP contribution in [0.4, 0.5) is 5.69 Å². The zero-order chi connectivity index (χ0) is 14.5. The van der Waals surface area contributed by atoms with E-state index in [-0.39, 0.29) is 0 Å². The average molecular weight is 328 g/mol. The van der Waals surface area contributed by atoms with Crippen LogP contribution in [-0.4, -0.2) is 12.4 Å². The van der Waals surface area contributed by atoms with Gasteiger partial charge in [0.2, 0.25) is 0 Å². The number of hydrogen-bond donors (Lipinski definition) is 1. The van der Waals surface area contributed by atoms with Crippen molar-refractivity contribution in [2.24, 2.45) is 0 Å². The Morgan fingerprint density at radius 3 is 2.65 bits per heavy atom. The number of benzene rings is 2. The topological polar surface area (TPSA) is 35.2 Å². The minimum atomic E-state index is 0.533. The first-order valence-corrected chi connectivity index (χ1v) is 7.87. The monoisotopic (exact) mass is 327 g/mol. The lowest BCUT2D eigenvalue weighted by Gasteiger charge is -2.08. The van der Waals surface area contributed by atoms with Gasteiger partial charge < -0.3 is 10.5 Å². The van der Waals surface area contributed by atoms with Crippen molar-refractivity contribution >= 4 is 40.7 Å². The molecule has 0 aliphatic rings. The summed E-state index contributed by atoms with van der Waals surface area (Å²) >= 11 is 13.6.